The number of benzene rings is 3. The summed E-state index contributed by atoms with van der Waals surface area (Å²) in [6, 6.07) is 19.5. The molecular formula is C27H21N3O6. The lowest BCUT2D eigenvalue weighted by Crippen LogP contribution is -2.19. The summed E-state index contributed by atoms with van der Waals surface area (Å²) in [4.78, 5) is 35.4. The highest BCUT2D eigenvalue weighted by Gasteiger charge is 2.14. The second-order valence-corrected chi connectivity index (χ2v) is 7.77. The van der Waals surface area contributed by atoms with Crippen molar-refractivity contribution < 1.29 is 28.6 Å². The third-order valence-corrected chi connectivity index (χ3v) is 5.22. The number of hydrogen-bond acceptors (Lipinski definition) is 6. The van der Waals surface area contributed by atoms with Gasteiger partial charge in [0, 0.05) is 11.6 Å². The van der Waals surface area contributed by atoms with Gasteiger partial charge in [-0.2, -0.15) is 0 Å². The van der Waals surface area contributed by atoms with Gasteiger partial charge in [0.1, 0.15) is 17.3 Å². The monoisotopic (exact) mass is 483 g/mol. The maximum atomic E-state index is 12.5. The van der Waals surface area contributed by atoms with Crippen molar-refractivity contribution in [2.75, 3.05) is 0 Å². The van der Waals surface area contributed by atoms with E-state index in [1.807, 2.05) is 0 Å². The Morgan fingerprint density at radius 2 is 1.64 bits per heavy atom. The predicted octanol–water partition coefficient (Wildman–Crippen LogP) is 3.96. The fourth-order valence-electron chi connectivity index (χ4n) is 3.34. The SMILES string of the molecule is N=C(N)c1ccc2cc(OC(=O)c3ccc(CNC(=O)C=Cc4ccc(C(=O)O)cc4)o3)ccc2c1. The van der Waals surface area contributed by atoms with Crippen LogP contribution < -0.4 is 15.8 Å². The van der Waals surface area contributed by atoms with E-state index in [9.17, 15) is 14.4 Å². The Bertz CT molecular complexity index is 1500. The maximum absolute atomic E-state index is 12.5. The number of nitrogens with two attached hydrogens (primary N) is 1. The Morgan fingerprint density at radius 3 is 2.36 bits per heavy atom. The van der Waals surface area contributed by atoms with E-state index in [-0.39, 0.29) is 29.6 Å². The first-order valence-electron chi connectivity index (χ1n) is 10.8. The fraction of sp³-hybridized carbons (Fsp3) is 0.0370. The predicted molar refractivity (Wildman–Crippen MR) is 133 cm³/mol. The summed E-state index contributed by atoms with van der Waals surface area (Å²) < 4.78 is 10.9. The number of aromatic carboxylic acids is 1. The molecule has 0 saturated heterocycles. The van der Waals surface area contributed by atoms with Gasteiger partial charge < -0.3 is 25.3 Å². The van der Waals surface area contributed by atoms with Crippen molar-refractivity contribution in [3.05, 3.63) is 107 Å². The van der Waals surface area contributed by atoms with Crippen LogP contribution in [0.2, 0.25) is 0 Å². The molecule has 4 aromatic rings. The molecule has 0 saturated carbocycles. The van der Waals surface area contributed by atoms with Crippen LogP contribution >= 0.6 is 0 Å². The van der Waals surface area contributed by atoms with Gasteiger partial charge in [0.25, 0.3) is 0 Å². The van der Waals surface area contributed by atoms with Crippen LogP contribution in [-0.2, 0) is 11.3 Å². The number of carbonyl (C=O) groups excluding carboxylic acids is 2. The van der Waals surface area contributed by atoms with Crippen LogP contribution in [0.1, 0.15) is 37.8 Å². The molecule has 0 radical (unpaired) electrons. The Labute approximate surface area is 205 Å². The topological polar surface area (TPSA) is 156 Å². The van der Waals surface area contributed by atoms with Crippen molar-refractivity contribution in [2.24, 2.45) is 5.73 Å². The number of fused-ring (bicyclic) bond motifs is 1. The number of hydrogen-bond donors (Lipinski definition) is 4. The molecule has 0 spiro atoms. The number of carbonyl (C=O) groups is 3. The lowest BCUT2D eigenvalue weighted by molar-refractivity contribution is -0.116. The summed E-state index contributed by atoms with van der Waals surface area (Å²) in [5.41, 5.74) is 6.95. The van der Waals surface area contributed by atoms with Crippen molar-refractivity contribution in [3.63, 3.8) is 0 Å². The first kappa shape index (κ1) is 24.0. The van der Waals surface area contributed by atoms with Crippen LogP contribution in [0.25, 0.3) is 16.8 Å². The van der Waals surface area contributed by atoms with E-state index in [0.29, 0.717) is 22.6 Å². The molecule has 4 rings (SSSR count). The summed E-state index contributed by atoms with van der Waals surface area (Å²) in [7, 11) is 0. The van der Waals surface area contributed by atoms with Gasteiger partial charge in [0.05, 0.1) is 12.1 Å². The largest absolute Gasteiger partial charge is 0.478 e. The third kappa shape index (κ3) is 5.84. The summed E-state index contributed by atoms with van der Waals surface area (Å²) >= 11 is 0. The van der Waals surface area contributed by atoms with Crippen LogP contribution in [0.3, 0.4) is 0 Å². The number of esters is 1. The number of nitrogen functional groups attached to an aromatic ring is 1. The molecule has 180 valence electrons. The Kier molecular flexibility index (Phi) is 6.92. The number of rotatable bonds is 8. The highest BCUT2D eigenvalue weighted by atomic mass is 16.5. The highest BCUT2D eigenvalue weighted by Crippen LogP contribution is 2.23. The van der Waals surface area contributed by atoms with E-state index in [4.69, 9.17) is 25.4 Å². The number of amidine groups is 1. The van der Waals surface area contributed by atoms with Crippen molar-refractivity contribution in [1.29, 1.82) is 5.41 Å². The molecule has 9 heteroatoms. The van der Waals surface area contributed by atoms with Crippen LogP contribution in [0.5, 0.6) is 5.75 Å². The quantitative estimate of drug-likeness (QED) is 0.0971. The Balaban J connectivity index is 1.32. The zero-order chi connectivity index (χ0) is 25.7. The number of carboxylic acids is 1. The first-order chi connectivity index (χ1) is 17.3. The zero-order valence-corrected chi connectivity index (χ0v) is 18.9. The van der Waals surface area contributed by atoms with E-state index in [2.05, 4.69) is 5.32 Å². The minimum atomic E-state index is -1.02. The van der Waals surface area contributed by atoms with Gasteiger partial charge in [0.2, 0.25) is 11.7 Å². The summed E-state index contributed by atoms with van der Waals surface area (Å²) in [6.07, 6.45) is 2.86. The van der Waals surface area contributed by atoms with Gasteiger partial charge in [0.15, 0.2) is 0 Å². The molecule has 1 aromatic heterocycles. The van der Waals surface area contributed by atoms with Gasteiger partial charge in [-0.3, -0.25) is 10.2 Å². The standard InChI is InChI=1S/C27H21N3O6/c28-25(29)20-7-6-19-14-21(9-8-18(19)13-20)36-27(34)23-11-10-22(35-23)15-30-24(31)12-3-16-1-4-17(5-2-16)26(32)33/h1-14H,15H2,(H3,28,29)(H,30,31)(H,32,33). The average molecular weight is 483 g/mol. The van der Waals surface area contributed by atoms with Gasteiger partial charge in [-0.1, -0.05) is 30.3 Å². The molecule has 0 aliphatic carbocycles. The fourth-order valence-corrected chi connectivity index (χ4v) is 3.34. The first-order valence-corrected chi connectivity index (χ1v) is 10.8. The van der Waals surface area contributed by atoms with Crippen LogP contribution in [0.15, 0.2) is 83.3 Å². The maximum Gasteiger partial charge on any atom is 0.379 e. The van der Waals surface area contributed by atoms with Crippen molar-refractivity contribution in [2.45, 2.75) is 6.54 Å². The van der Waals surface area contributed by atoms with Gasteiger partial charge in [-0.05, 0) is 64.9 Å². The van der Waals surface area contributed by atoms with Crippen molar-refractivity contribution in [1.82, 2.24) is 5.32 Å². The minimum absolute atomic E-state index is 0.0136. The molecule has 0 unspecified atom stereocenters. The molecule has 36 heavy (non-hydrogen) atoms. The van der Waals surface area contributed by atoms with Crippen molar-refractivity contribution in [3.8, 4) is 5.75 Å². The van der Waals surface area contributed by atoms with Gasteiger partial charge >= 0.3 is 11.9 Å². The van der Waals surface area contributed by atoms with Crippen molar-refractivity contribution >= 4 is 40.5 Å². The molecule has 0 fully saturated rings. The summed E-state index contributed by atoms with van der Waals surface area (Å²) in [5, 5.41) is 20.8. The van der Waals surface area contributed by atoms with Crippen LogP contribution in [-0.4, -0.2) is 28.8 Å². The molecule has 0 aliphatic rings. The lowest BCUT2D eigenvalue weighted by Gasteiger charge is -2.06. The van der Waals surface area contributed by atoms with E-state index in [1.165, 1.54) is 24.3 Å². The van der Waals surface area contributed by atoms with E-state index in [1.54, 1.807) is 60.7 Å². The van der Waals surface area contributed by atoms with Crippen LogP contribution in [0, 0.1) is 5.41 Å². The second kappa shape index (κ2) is 10.4. The van der Waals surface area contributed by atoms with Crippen LogP contribution in [0.4, 0.5) is 0 Å². The number of amides is 1. The lowest BCUT2D eigenvalue weighted by atomic mass is 10.1. The van der Waals surface area contributed by atoms with E-state index < -0.39 is 11.9 Å². The number of ether oxygens (including phenoxy) is 1. The molecule has 0 bridgehead atoms. The van der Waals surface area contributed by atoms with Gasteiger partial charge in [-0.25, -0.2) is 9.59 Å². The molecule has 9 nitrogen and oxygen atoms in total. The average Bonchev–Trinajstić information content (AvgIpc) is 3.35. The van der Waals surface area contributed by atoms with E-state index in [0.717, 1.165) is 10.8 Å². The number of carboxylic acid groups (broad SMARTS) is 1. The molecule has 3 aromatic carbocycles. The minimum Gasteiger partial charge on any atom is -0.478 e. The molecule has 0 aliphatic heterocycles. The van der Waals surface area contributed by atoms with Gasteiger partial charge in [-0.15, -0.1) is 0 Å². The highest BCUT2D eigenvalue weighted by molar-refractivity contribution is 5.99. The second-order valence-electron chi connectivity index (χ2n) is 7.77. The Morgan fingerprint density at radius 1 is 0.944 bits per heavy atom. The number of nitrogens with one attached hydrogen (secondary N) is 2. The molecular weight excluding hydrogens is 462 g/mol. The number of furan rings is 1. The normalized spacial score (nSPS) is 10.9. The van der Waals surface area contributed by atoms with E-state index >= 15 is 0 Å². The molecule has 0 atom stereocenters. The summed E-state index contributed by atoms with van der Waals surface area (Å²) in [5.74, 6) is -1.44. The molecule has 1 amide bonds. The zero-order valence-electron chi connectivity index (χ0n) is 18.9. The third-order valence-electron chi connectivity index (χ3n) is 5.22. The Hall–Kier alpha value is -5.18. The molecule has 1 heterocycles. The molecule has 5 N–H and O–H groups in total. The smallest absolute Gasteiger partial charge is 0.379 e. The summed E-state index contributed by atoms with van der Waals surface area (Å²) in [6.45, 7) is 0.0584.